The minimum atomic E-state index is 0.706. The van der Waals surface area contributed by atoms with Gasteiger partial charge < -0.3 is 10.3 Å². The third-order valence-corrected chi connectivity index (χ3v) is 1.64. The smallest absolute Gasteiger partial charge is 0.144 e. The van der Waals surface area contributed by atoms with Gasteiger partial charge in [0.1, 0.15) is 12.5 Å². The van der Waals surface area contributed by atoms with E-state index in [1.54, 1.807) is 0 Å². The lowest BCUT2D eigenvalue weighted by atomic mass is 10.1. The number of nitrogen functional groups attached to an aromatic ring is 1. The van der Waals surface area contributed by atoms with Gasteiger partial charge in [-0.05, 0) is 6.07 Å². The van der Waals surface area contributed by atoms with Crippen molar-refractivity contribution in [3.05, 3.63) is 36.7 Å². The number of nitrogens with zero attached hydrogens (tertiary/aromatic N) is 1. The zero-order valence-electron chi connectivity index (χ0n) is 6.32. The highest BCUT2D eigenvalue weighted by Crippen LogP contribution is 2.23. The Morgan fingerprint density at radius 1 is 1.33 bits per heavy atom. The van der Waals surface area contributed by atoms with Crippen molar-refractivity contribution in [2.75, 3.05) is 5.73 Å². The largest absolute Gasteiger partial charge is 0.398 e. The molecule has 1 radical (unpaired) electrons. The van der Waals surface area contributed by atoms with E-state index in [1.807, 2.05) is 24.3 Å². The zero-order chi connectivity index (χ0) is 8.39. The first-order valence-electron chi connectivity index (χ1n) is 3.55. The van der Waals surface area contributed by atoms with Crippen molar-refractivity contribution >= 4 is 5.69 Å². The normalized spacial score (nSPS) is 10.0. The van der Waals surface area contributed by atoms with Crippen molar-refractivity contribution in [1.82, 2.24) is 5.16 Å². The summed E-state index contributed by atoms with van der Waals surface area (Å²) < 4.78 is 4.66. The molecule has 0 amide bonds. The van der Waals surface area contributed by atoms with Crippen molar-refractivity contribution < 1.29 is 4.52 Å². The van der Waals surface area contributed by atoms with Crippen molar-refractivity contribution in [3.8, 4) is 11.1 Å². The van der Waals surface area contributed by atoms with E-state index in [1.165, 1.54) is 6.26 Å². The van der Waals surface area contributed by atoms with E-state index >= 15 is 0 Å². The predicted octanol–water partition coefficient (Wildman–Crippen LogP) is 1.72. The summed E-state index contributed by atoms with van der Waals surface area (Å²) in [4.78, 5) is 0. The summed E-state index contributed by atoms with van der Waals surface area (Å²) in [5.41, 5.74) is 8.11. The molecule has 2 aromatic rings. The summed E-state index contributed by atoms with van der Waals surface area (Å²) >= 11 is 0. The van der Waals surface area contributed by atoms with Crippen molar-refractivity contribution in [3.63, 3.8) is 0 Å². The molecule has 0 aliphatic carbocycles. The number of benzene rings is 1. The van der Waals surface area contributed by atoms with Gasteiger partial charge in [0.05, 0.1) is 5.56 Å². The first-order valence-corrected chi connectivity index (χ1v) is 3.55. The highest BCUT2D eigenvalue weighted by molar-refractivity contribution is 5.74. The summed E-state index contributed by atoms with van der Waals surface area (Å²) in [5.74, 6) is 0. The molecule has 1 heterocycles. The quantitative estimate of drug-likeness (QED) is 0.644. The Balaban J connectivity index is 2.55. The number of aromatic nitrogens is 1. The molecule has 0 spiro atoms. The van der Waals surface area contributed by atoms with E-state index in [9.17, 15) is 0 Å². The lowest BCUT2D eigenvalue weighted by Crippen LogP contribution is -1.87. The Labute approximate surface area is 69.8 Å². The van der Waals surface area contributed by atoms with E-state index in [-0.39, 0.29) is 0 Å². The molecule has 1 aromatic heterocycles. The minimum Gasteiger partial charge on any atom is -0.398 e. The maximum absolute atomic E-state index is 5.72. The molecule has 2 N–H and O–H groups in total. The molecular weight excluding hydrogens is 152 g/mol. The number of hydrogen-bond acceptors (Lipinski definition) is 3. The van der Waals surface area contributed by atoms with E-state index in [0.717, 1.165) is 11.1 Å². The zero-order valence-corrected chi connectivity index (χ0v) is 6.32. The molecule has 0 unspecified atom stereocenters. The number of para-hydroxylation sites is 1. The van der Waals surface area contributed by atoms with Crippen LogP contribution >= 0.6 is 0 Å². The van der Waals surface area contributed by atoms with E-state index in [2.05, 4.69) is 15.9 Å². The first kappa shape index (κ1) is 6.91. The SMILES string of the molecule is Nc1ccccc1-c1[c]noc1. The lowest BCUT2D eigenvalue weighted by molar-refractivity contribution is 0.418. The monoisotopic (exact) mass is 159 g/mol. The summed E-state index contributed by atoms with van der Waals surface area (Å²) in [6.07, 6.45) is 4.22. The predicted molar refractivity (Wildman–Crippen MR) is 45.2 cm³/mol. The molecule has 59 valence electrons. The number of rotatable bonds is 1. The second-order valence-electron chi connectivity index (χ2n) is 2.43. The van der Waals surface area contributed by atoms with Gasteiger partial charge >= 0.3 is 0 Å². The van der Waals surface area contributed by atoms with Crippen LogP contribution in [0.1, 0.15) is 0 Å². The molecule has 3 nitrogen and oxygen atoms in total. The van der Waals surface area contributed by atoms with Crippen LogP contribution in [-0.4, -0.2) is 5.16 Å². The summed E-state index contributed by atoms with van der Waals surface area (Å²) in [6.45, 7) is 0. The van der Waals surface area contributed by atoms with Crippen LogP contribution in [0.15, 0.2) is 35.1 Å². The van der Waals surface area contributed by atoms with E-state index < -0.39 is 0 Å². The highest BCUT2D eigenvalue weighted by atomic mass is 16.5. The van der Waals surface area contributed by atoms with Gasteiger partial charge in [0.2, 0.25) is 0 Å². The fraction of sp³-hybridized carbons (Fsp3) is 0. The van der Waals surface area contributed by atoms with Crippen LogP contribution in [0.2, 0.25) is 0 Å². The van der Waals surface area contributed by atoms with Crippen molar-refractivity contribution in [2.45, 2.75) is 0 Å². The molecule has 1 aromatic carbocycles. The molecule has 0 saturated heterocycles. The highest BCUT2D eigenvalue weighted by Gasteiger charge is 2.02. The molecule has 3 heteroatoms. The lowest BCUT2D eigenvalue weighted by Gasteiger charge is -1.98. The average molecular weight is 159 g/mol. The topological polar surface area (TPSA) is 52.0 Å². The molecule has 12 heavy (non-hydrogen) atoms. The Kier molecular flexibility index (Phi) is 1.55. The fourth-order valence-electron chi connectivity index (χ4n) is 1.05. The molecule has 2 rings (SSSR count). The van der Waals surface area contributed by atoms with Gasteiger partial charge in [-0.2, -0.15) is 0 Å². The minimum absolute atomic E-state index is 0.706. The average Bonchev–Trinajstić information content (AvgIpc) is 2.57. The first-order chi connectivity index (χ1) is 5.88. The third kappa shape index (κ3) is 1.05. The molecule has 0 aliphatic rings. The van der Waals surface area contributed by atoms with E-state index in [4.69, 9.17) is 5.73 Å². The number of anilines is 1. The fourth-order valence-corrected chi connectivity index (χ4v) is 1.05. The van der Waals surface area contributed by atoms with Crippen LogP contribution in [0.3, 0.4) is 0 Å². The van der Waals surface area contributed by atoms with Gasteiger partial charge in [-0.3, -0.25) is 0 Å². The second-order valence-corrected chi connectivity index (χ2v) is 2.43. The molecule has 0 aliphatic heterocycles. The number of hydrogen-bond donors (Lipinski definition) is 1. The Morgan fingerprint density at radius 3 is 2.83 bits per heavy atom. The van der Waals surface area contributed by atoms with Crippen LogP contribution in [0.25, 0.3) is 11.1 Å². The number of nitrogens with two attached hydrogens (primary N) is 1. The summed E-state index contributed by atoms with van der Waals surface area (Å²) in [6, 6.07) is 7.52. The van der Waals surface area contributed by atoms with Gasteiger partial charge in [-0.15, -0.1) is 0 Å². The van der Waals surface area contributed by atoms with Crippen molar-refractivity contribution in [1.29, 1.82) is 0 Å². The molecule has 0 atom stereocenters. The van der Waals surface area contributed by atoms with Gasteiger partial charge in [-0.25, -0.2) is 0 Å². The van der Waals surface area contributed by atoms with Gasteiger partial charge in [0, 0.05) is 11.3 Å². The molecular formula is C9H7N2O. The van der Waals surface area contributed by atoms with E-state index in [0.29, 0.717) is 5.69 Å². The Bertz CT molecular complexity index is 368. The van der Waals surface area contributed by atoms with Gasteiger partial charge in [-0.1, -0.05) is 23.4 Å². The standard InChI is InChI=1S/C9H7N2O/c10-9-4-2-1-3-8(9)7-5-11-12-6-7/h1-4,6H,10H2. The third-order valence-electron chi connectivity index (χ3n) is 1.64. The van der Waals surface area contributed by atoms with Gasteiger partial charge in [0.15, 0.2) is 0 Å². The molecule has 0 saturated carbocycles. The Hall–Kier alpha value is -1.77. The maximum Gasteiger partial charge on any atom is 0.144 e. The van der Waals surface area contributed by atoms with Crippen molar-refractivity contribution in [2.24, 2.45) is 0 Å². The van der Waals surface area contributed by atoms with Crippen LogP contribution in [0.5, 0.6) is 0 Å². The van der Waals surface area contributed by atoms with Crippen LogP contribution in [-0.2, 0) is 0 Å². The summed E-state index contributed by atoms with van der Waals surface area (Å²) in [7, 11) is 0. The Morgan fingerprint density at radius 2 is 2.17 bits per heavy atom. The van der Waals surface area contributed by atoms with Crippen LogP contribution in [0.4, 0.5) is 5.69 Å². The second kappa shape index (κ2) is 2.70. The summed E-state index contributed by atoms with van der Waals surface area (Å²) in [5, 5.41) is 3.48. The molecule has 0 bridgehead atoms. The van der Waals surface area contributed by atoms with Gasteiger partial charge in [0.25, 0.3) is 0 Å². The molecule has 0 fully saturated rings. The van der Waals surface area contributed by atoms with Crippen LogP contribution < -0.4 is 5.73 Å². The maximum atomic E-state index is 5.72. The van der Waals surface area contributed by atoms with Crippen LogP contribution in [0, 0.1) is 6.20 Å².